The number of thioether (sulfide) groups is 1. The molecule has 1 aliphatic rings. The van der Waals surface area contributed by atoms with Crippen molar-refractivity contribution >= 4 is 69.4 Å². The fourth-order valence-corrected chi connectivity index (χ4v) is 3.93. The molecule has 1 amide bonds. The lowest BCUT2D eigenvalue weighted by Crippen LogP contribution is -2.19. The second-order valence-corrected chi connectivity index (χ2v) is 8.09. The number of hydrogen-bond donors (Lipinski definition) is 1. The molecule has 140 valence electrons. The van der Waals surface area contributed by atoms with Crippen molar-refractivity contribution in [1.29, 1.82) is 0 Å². The predicted octanol–water partition coefficient (Wildman–Crippen LogP) is 6.33. The molecule has 4 rings (SSSR count). The number of rotatable bonds is 3. The van der Waals surface area contributed by atoms with Crippen LogP contribution in [0, 0.1) is 0 Å². The number of benzene rings is 2. The zero-order valence-corrected chi connectivity index (χ0v) is 17.3. The molecule has 2 aromatic carbocycles. The molecule has 0 radical (unpaired) electrons. The Labute approximate surface area is 180 Å². The van der Waals surface area contributed by atoms with Crippen LogP contribution in [0.3, 0.4) is 0 Å². The van der Waals surface area contributed by atoms with E-state index in [2.05, 4.69) is 10.3 Å². The number of halogens is 3. The van der Waals surface area contributed by atoms with Crippen molar-refractivity contribution in [1.82, 2.24) is 9.88 Å². The SMILES string of the molecule is O=C1NC(=Nc2cccc(Cl)c2Cl)S/C1=C\c1cccn1-c1ccc(Cl)cc1. The summed E-state index contributed by atoms with van der Waals surface area (Å²) in [5, 5.41) is 4.63. The van der Waals surface area contributed by atoms with Crippen LogP contribution < -0.4 is 5.32 Å². The van der Waals surface area contributed by atoms with Gasteiger partial charge < -0.3 is 9.88 Å². The molecule has 0 aliphatic carbocycles. The highest BCUT2D eigenvalue weighted by Gasteiger charge is 2.24. The minimum absolute atomic E-state index is 0.217. The number of aromatic nitrogens is 1. The number of amides is 1. The summed E-state index contributed by atoms with van der Waals surface area (Å²) in [5.41, 5.74) is 2.31. The van der Waals surface area contributed by atoms with E-state index in [1.165, 1.54) is 11.8 Å². The quantitative estimate of drug-likeness (QED) is 0.476. The first kappa shape index (κ1) is 19.2. The lowest BCUT2D eigenvalue weighted by Gasteiger charge is -2.06. The monoisotopic (exact) mass is 447 g/mol. The smallest absolute Gasteiger partial charge is 0.264 e. The molecule has 1 N–H and O–H groups in total. The first-order chi connectivity index (χ1) is 13.5. The van der Waals surface area contributed by atoms with Crippen LogP contribution in [0.5, 0.6) is 0 Å². The molecule has 1 aliphatic heterocycles. The van der Waals surface area contributed by atoms with Gasteiger partial charge in [0, 0.05) is 22.6 Å². The Morgan fingerprint density at radius 3 is 2.57 bits per heavy atom. The molecule has 3 aromatic rings. The maximum absolute atomic E-state index is 12.4. The van der Waals surface area contributed by atoms with E-state index >= 15 is 0 Å². The van der Waals surface area contributed by atoms with Crippen LogP contribution in [0.4, 0.5) is 5.69 Å². The van der Waals surface area contributed by atoms with Crippen LogP contribution in [0.25, 0.3) is 11.8 Å². The molecule has 4 nitrogen and oxygen atoms in total. The van der Waals surface area contributed by atoms with E-state index in [0.717, 1.165) is 11.4 Å². The minimum atomic E-state index is -0.217. The van der Waals surface area contributed by atoms with Crippen molar-refractivity contribution in [3.63, 3.8) is 0 Å². The normalized spacial score (nSPS) is 16.8. The lowest BCUT2D eigenvalue weighted by molar-refractivity contribution is -0.115. The van der Waals surface area contributed by atoms with Gasteiger partial charge in [-0.15, -0.1) is 0 Å². The Kier molecular flexibility index (Phi) is 5.51. The summed E-state index contributed by atoms with van der Waals surface area (Å²) in [6.45, 7) is 0. The van der Waals surface area contributed by atoms with E-state index < -0.39 is 0 Å². The maximum Gasteiger partial charge on any atom is 0.264 e. The van der Waals surface area contributed by atoms with Gasteiger partial charge in [0.05, 0.1) is 20.6 Å². The molecule has 0 spiro atoms. The number of carbonyl (C=O) groups is 1. The van der Waals surface area contributed by atoms with Crippen LogP contribution in [0.1, 0.15) is 5.69 Å². The maximum atomic E-state index is 12.4. The van der Waals surface area contributed by atoms with Crippen LogP contribution in [-0.2, 0) is 4.79 Å². The van der Waals surface area contributed by atoms with Gasteiger partial charge in [0.2, 0.25) is 0 Å². The summed E-state index contributed by atoms with van der Waals surface area (Å²) in [6.07, 6.45) is 3.74. The molecule has 0 unspecified atom stereocenters. The fraction of sp³-hybridized carbons (Fsp3) is 0. The van der Waals surface area contributed by atoms with Gasteiger partial charge in [-0.3, -0.25) is 4.79 Å². The summed E-state index contributed by atoms with van der Waals surface area (Å²) >= 11 is 19.4. The van der Waals surface area contributed by atoms with Crippen molar-refractivity contribution in [3.05, 3.63) is 86.5 Å². The van der Waals surface area contributed by atoms with Crippen molar-refractivity contribution in [3.8, 4) is 5.69 Å². The highest BCUT2D eigenvalue weighted by atomic mass is 35.5. The minimum Gasteiger partial charge on any atom is -0.317 e. The average Bonchev–Trinajstić information content (AvgIpc) is 3.27. The molecule has 8 heteroatoms. The van der Waals surface area contributed by atoms with Gasteiger partial charge in [0.25, 0.3) is 5.91 Å². The molecule has 1 saturated heterocycles. The molecule has 28 heavy (non-hydrogen) atoms. The first-order valence-electron chi connectivity index (χ1n) is 8.18. The molecular weight excluding hydrogens is 437 g/mol. The number of aliphatic imine (C=N–C) groups is 1. The van der Waals surface area contributed by atoms with Gasteiger partial charge in [-0.1, -0.05) is 40.9 Å². The Morgan fingerprint density at radius 1 is 1.00 bits per heavy atom. The second kappa shape index (κ2) is 8.05. The molecule has 2 heterocycles. The zero-order chi connectivity index (χ0) is 19.7. The number of nitrogens with zero attached hydrogens (tertiary/aromatic N) is 2. The summed E-state index contributed by atoms with van der Waals surface area (Å²) in [4.78, 5) is 17.3. The first-order valence-corrected chi connectivity index (χ1v) is 10.1. The highest BCUT2D eigenvalue weighted by molar-refractivity contribution is 8.18. The van der Waals surface area contributed by atoms with Crippen LogP contribution in [-0.4, -0.2) is 15.6 Å². The van der Waals surface area contributed by atoms with Crippen LogP contribution in [0.15, 0.2) is 70.7 Å². The lowest BCUT2D eigenvalue weighted by atomic mass is 10.3. The van der Waals surface area contributed by atoms with Gasteiger partial charge in [-0.25, -0.2) is 4.99 Å². The number of carbonyl (C=O) groups excluding carboxylic acids is 1. The molecule has 1 aromatic heterocycles. The van der Waals surface area contributed by atoms with Crippen molar-refractivity contribution in [2.24, 2.45) is 4.99 Å². The van der Waals surface area contributed by atoms with E-state index in [0.29, 0.717) is 30.8 Å². The third-order valence-electron chi connectivity index (χ3n) is 3.97. The topological polar surface area (TPSA) is 46.4 Å². The molecule has 0 saturated carbocycles. The Bertz CT molecular complexity index is 1120. The van der Waals surface area contributed by atoms with E-state index in [-0.39, 0.29) is 5.91 Å². The summed E-state index contributed by atoms with van der Waals surface area (Å²) in [6, 6.07) is 16.5. The summed E-state index contributed by atoms with van der Waals surface area (Å²) in [5.74, 6) is -0.217. The third kappa shape index (κ3) is 3.98. The van der Waals surface area contributed by atoms with E-state index in [9.17, 15) is 4.79 Å². The van der Waals surface area contributed by atoms with Gasteiger partial charge in [-0.2, -0.15) is 0 Å². The Morgan fingerprint density at radius 2 is 1.79 bits per heavy atom. The summed E-state index contributed by atoms with van der Waals surface area (Å²) < 4.78 is 1.97. The summed E-state index contributed by atoms with van der Waals surface area (Å²) in [7, 11) is 0. The molecule has 0 bridgehead atoms. The standard InChI is InChI=1S/C20H12Cl3N3OS/c21-12-6-8-13(9-7-12)26-10-2-3-14(26)11-17-19(27)25-20(28-17)24-16-5-1-4-15(22)18(16)23/h1-11H,(H,24,25,27)/b17-11-. The predicted molar refractivity (Wildman–Crippen MR) is 118 cm³/mol. The van der Waals surface area contributed by atoms with Gasteiger partial charge in [0.1, 0.15) is 0 Å². The molecule has 1 fully saturated rings. The van der Waals surface area contributed by atoms with Crippen LogP contribution in [0.2, 0.25) is 15.1 Å². The number of hydrogen-bond acceptors (Lipinski definition) is 3. The zero-order valence-electron chi connectivity index (χ0n) is 14.2. The molecule has 0 atom stereocenters. The van der Waals surface area contributed by atoms with E-state index in [1.54, 1.807) is 18.2 Å². The molecular formula is C20H12Cl3N3OS. The van der Waals surface area contributed by atoms with Crippen molar-refractivity contribution in [2.75, 3.05) is 0 Å². The second-order valence-electron chi connectivity index (χ2n) is 5.83. The highest BCUT2D eigenvalue weighted by Crippen LogP contribution is 2.34. The third-order valence-corrected chi connectivity index (χ3v) is 5.94. The number of nitrogens with one attached hydrogen (secondary N) is 1. The van der Waals surface area contributed by atoms with E-state index in [4.69, 9.17) is 34.8 Å². The number of amidine groups is 1. The largest absolute Gasteiger partial charge is 0.317 e. The van der Waals surface area contributed by atoms with E-state index in [1.807, 2.05) is 53.2 Å². The van der Waals surface area contributed by atoms with Crippen LogP contribution >= 0.6 is 46.6 Å². The van der Waals surface area contributed by atoms with Gasteiger partial charge in [0.15, 0.2) is 5.17 Å². The Balaban J connectivity index is 1.63. The Hall–Kier alpha value is -2.18. The average molecular weight is 449 g/mol. The van der Waals surface area contributed by atoms with Crippen molar-refractivity contribution in [2.45, 2.75) is 0 Å². The fourth-order valence-electron chi connectivity index (χ4n) is 2.65. The van der Waals surface area contributed by atoms with Gasteiger partial charge >= 0.3 is 0 Å². The van der Waals surface area contributed by atoms with Crippen molar-refractivity contribution < 1.29 is 4.79 Å². The van der Waals surface area contributed by atoms with Gasteiger partial charge in [-0.05, 0) is 66.4 Å².